The first kappa shape index (κ1) is 29.5. The molecule has 0 fully saturated rings. The maximum absolute atomic E-state index is 14.0. The van der Waals surface area contributed by atoms with Crippen LogP contribution in [0.2, 0.25) is 0 Å². The maximum Gasteiger partial charge on any atom is 0.335 e. The van der Waals surface area contributed by atoms with Crippen molar-refractivity contribution in [3.63, 3.8) is 0 Å². The summed E-state index contributed by atoms with van der Waals surface area (Å²) in [4.78, 5) is 43.9. The lowest BCUT2D eigenvalue weighted by atomic mass is 9.94. The number of nitrogens with one attached hydrogen (secondary N) is 1. The number of allylic oxidation sites excluding steroid dienone is 1. The molecule has 0 bridgehead atoms. The van der Waals surface area contributed by atoms with Gasteiger partial charge in [-0.2, -0.15) is 0 Å². The smallest absolute Gasteiger partial charge is 0.335 e. The van der Waals surface area contributed by atoms with Crippen LogP contribution in [0.3, 0.4) is 0 Å². The molecule has 9 heteroatoms. The first-order chi connectivity index (χ1) is 21.8. The van der Waals surface area contributed by atoms with Gasteiger partial charge in [-0.15, -0.1) is 0 Å². The normalized spacial score (nSPS) is 14.4. The van der Waals surface area contributed by atoms with Crippen molar-refractivity contribution in [2.24, 2.45) is 4.99 Å². The summed E-state index contributed by atoms with van der Waals surface area (Å²) < 4.78 is 7.97. The number of hydrogen-bond donors (Lipinski definition) is 2. The molecular formula is C36H29N3O5S. The van der Waals surface area contributed by atoms with Crippen LogP contribution in [0.5, 0.6) is 5.75 Å². The Balaban J connectivity index is 1.30. The van der Waals surface area contributed by atoms with Gasteiger partial charge in [-0.05, 0) is 73.0 Å². The molecule has 0 saturated heterocycles. The van der Waals surface area contributed by atoms with E-state index in [1.54, 1.807) is 35.8 Å². The highest BCUT2D eigenvalue weighted by Crippen LogP contribution is 2.31. The topological polar surface area (TPSA) is 110 Å². The molecule has 45 heavy (non-hydrogen) atoms. The van der Waals surface area contributed by atoms with E-state index >= 15 is 0 Å². The van der Waals surface area contributed by atoms with Crippen molar-refractivity contribution >= 4 is 35.0 Å². The van der Waals surface area contributed by atoms with Crippen molar-refractivity contribution in [2.75, 3.05) is 5.32 Å². The number of carbonyl (C=O) groups excluding carboxylic acids is 1. The number of aromatic carboxylic acids is 1. The molecule has 4 aromatic carbocycles. The largest absolute Gasteiger partial charge is 0.489 e. The average molecular weight is 616 g/mol. The summed E-state index contributed by atoms with van der Waals surface area (Å²) in [6.45, 7) is 4.09. The van der Waals surface area contributed by atoms with Gasteiger partial charge in [0.15, 0.2) is 4.80 Å². The number of carbonyl (C=O) groups is 2. The van der Waals surface area contributed by atoms with Gasteiger partial charge in [0.05, 0.1) is 27.4 Å². The fraction of sp³-hybridized carbons (Fsp3) is 0.111. The number of thiazole rings is 1. The number of nitrogens with zero attached hydrogens (tertiary/aromatic N) is 2. The number of para-hydroxylation sites is 1. The van der Waals surface area contributed by atoms with Gasteiger partial charge in [0.1, 0.15) is 12.4 Å². The highest BCUT2D eigenvalue weighted by Gasteiger charge is 2.32. The molecule has 0 saturated carbocycles. The molecule has 1 aliphatic rings. The summed E-state index contributed by atoms with van der Waals surface area (Å²) in [5.41, 5.74) is 5.18. The zero-order valence-corrected chi connectivity index (χ0v) is 25.4. The molecule has 1 aromatic heterocycles. The Hall–Kier alpha value is -5.54. The quantitative estimate of drug-likeness (QED) is 0.241. The second-order valence-electron chi connectivity index (χ2n) is 10.7. The Morgan fingerprint density at radius 3 is 2.29 bits per heavy atom. The number of amides is 1. The molecule has 224 valence electrons. The number of carboxylic acids is 1. The number of rotatable bonds is 8. The van der Waals surface area contributed by atoms with Gasteiger partial charge in [0, 0.05) is 5.69 Å². The number of ether oxygens (including phenoxy) is 1. The summed E-state index contributed by atoms with van der Waals surface area (Å²) in [6.07, 6.45) is 1.81. The Kier molecular flexibility index (Phi) is 8.26. The second-order valence-corrected chi connectivity index (χ2v) is 11.7. The van der Waals surface area contributed by atoms with Gasteiger partial charge in [-0.3, -0.25) is 14.2 Å². The number of aromatic nitrogens is 1. The van der Waals surface area contributed by atoms with Crippen molar-refractivity contribution in [1.82, 2.24) is 4.57 Å². The predicted molar refractivity (Wildman–Crippen MR) is 174 cm³/mol. The molecular weight excluding hydrogens is 586 g/mol. The molecule has 1 atom stereocenters. The van der Waals surface area contributed by atoms with Gasteiger partial charge in [-0.25, -0.2) is 9.79 Å². The fourth-order valence-corrected chi connectivity index (χ4v) is 6.16. The third-order valence-corrected chi connectivity index (χ3v) is 8.46. The third-order valence-electron chi connectivity index (χ3n) is 7.48. The zero-order chi connectivity index (χ0) is 31.5. The van der Waals surface area contributed by atoms with Gasteiger partial charge >= 0.3 is 5.97 Å². The molecule has 1 aliphatic heterocycles. The average Bonchev–Trinajstić information content (AvgIpc) is 3.34. The van der Waals surface area contributed by atoms with Crippen molar-refractivity contribution < 1.29 is 19.4 Å². The number of hydrogen-bond acceptors (Lipinski definition) is 6. The van der Waals surface area contributed by atoms with Crippen LogP contribution in [0.15, 0.2) is 124 Å². The molecule has 2 heterocycles. The number of benzene rings is 4. The van der Waals surface area contributed by atoms with Gasteiger partial charge in [0.2, 0.25) is 0 Å². The molecule has 5 aromatic rings. The highest BCUT2D eigenvalue weighted by molar-refractivity contribution is 7.07. The monoisotopic (exact) mass is 615 g/mol. The van der Waals surface area contributed by atoms with Gasteiger partial charge in [-0.1, -0.05) is 83.6 Å². The summed E-state index contributed by atoms with van der Waals surface area (Å²) in [5.74, 6) is -0.643. The minimum Gasteiger partial charge on any atom is -0.489 e. The van der Waals surface area contributed by atoms with Gasteiger partial charge in [0.25, 0.3) is 11.5 Å². The van der Waals surface area contributed by atoms with E-state index in [4.69, 9.17) is 14.8 Å². The van der Waals surface area contributed by atoms with E-state index in [9.17, 15) is 14.4 Å². The van der Waals surface area contributed by atoms with Crippen LogP contribution < -0.4 is 24.9 Å². The highest BCUT2D eigenvalue weighted by atomic mass is 32.1. The van der Waals surface area contributed by atoms with Crippen molar-refractivity contribution in [3.05, 3.63) is 162 Å². The number of carboxylic acid groups (broad SMARTS) is 1. The molecule has 8 nitrogen and oxygen atoms in total. The van der Waals surface area contributed by atoms with Crippen LogP contribution in [-0.4, -0.2) is 21.6 Å². The first-order valence-corrected chi connectivity index (χ1v) is 15.1. The van der Waals surface area contributed by atoms with Crippen LogP contribution in [0.1, 0.15) is 45.6 Å². The summed E-state index contributed by atoms with van der Waals surface area (Å²) in [7, 11) is 0. The number of anilines is 1. The number of aryl methyl sites for hydroxylation is 1. The van der Waals surface area contributed by atoms with Crippen LogP contribution in [0.25, 0.3) is 6.08 Å². The van der Waals surface area contributed by atoms with E-state index in [2.05, 4.69) is 5.32 Å². The summed E-state index contributed by atoms with van der Waals surface area (Å²) in [6, 6.07) is 30.3. The molecule has 0 radical (unpaired) electrons. The van der Waals surface area contributed by atoms with E-state index in [1.807, 2.05) is 91.9 Å². The number of fused-ring (bicyclic) bond motifs is 1. The fourth-order valence-electron chi connectivity index (χ4n) is 5.12. The third kappa shape index (κ3) is 6.39. The molecule has 1 amide bonds. The Bertz CT molecular complexity index is 2100. The van der Waals surface area contributed by atoms with Crippen LogP contribution in [0, 0.1) is 6.92 Å². The van der Waals surface area contributed by atoms with E-state index in [1.165, 1.54) is 11.3 Å². The Morgan fingerprint density at radius 2 is 1.62 bits per heavy atom. The molecule has 0 spiro atoms. The maximum atomic E-state index is 14.0. The van der Waals surface area contributed by atoms with Crippen molar-refractivity contribution in [3.8, 4) is 5.75 Å². The van der Waals surface area contributed by atoms with Crippen molar-refractivity contribution in [2.45, 2.75) is 26.5 Å². The minimum atomic E-state index is -0.972. The minimum absolute atomic E-state index is 0.223. The summed E-state index contributed by atoms with van der Waals surface area (Å²) >= 11 is 1.28. The SMILES string of the molecule is CC1=C(C(=O)Nc2ccccc2)[C@H](c2ccc(C)cc2)n2c(s/c(=C/c3ccc(OCc4ccc(C(=O)O)cc4)cc3)c2=O)=N1. The lowest BCUT2D eigenvalue weighted by Crippen LogP contribution is -2.40. The Morgan fingerprint density at radius 1 is 0.933 bits per heavy atom. The first-order valence-electron chi connectivity index (χ1n) is 14.3. The predicted octanol–water partition coefficient (Wildman–Crippen LogP) is 5.46. The lowest BCUT2D eigenvalue weighted by molar-refractivity contribution is -0.113. The summed E-state index contributed by atoms with van der Waals surface area (Å²) in [5, 5.41) is 12.0. The molecule has 0 aliphatic carbocycles. The standard InChI is InChI=1S/C36H29N3O5S/c1-22-8-14-26(15-9-22)32-31(33(40)38-28-6-4-3-5-7-28)23(2)37-36-39(32)34(41)30(45-36)20-24-12-18-29(19-13-24)44-21-25-10-16-27(17-11-25)35(42)43/h3-20,32H,21H2,1-2H3,(H,38,40)(H,42,43)/b30-20+/t32-/m0/s1. The van der Waals surface area contributed by atoms with E-state index in [0.717, 1.165) is 22.3 Å². The second kappa shape index (κ2) is 12.6. The van der Waals surface area contributed by atoms with Gasteiger partial charge < -0.3 is 15.2 Å². The molecule has 0 unspecified atom stereocenters. The molecule has 2 N–H and O–H groups in total. The van der Waals surface area contributed by atoms with Crippen LogP contribution in [0.4, 0.5) is 5.69 Å². The van der Waals surface area contributed by atoms with Crippen LogP contribution in [-0.2, 0) is 11.4 Å². The van der Waals surface area contributed by atoms with E-state index in [-0.39, 0.29) is 23.6 Å². The Labute approximate surface area is 262 Å². The van der Waals surface area contributed by atoms with Crippen molar-refractivity contribution in [1.29, 1.82) is 0 Å². The zero-order valence-electron chi connectivity index (χ0n) is 24.6. The lowest BCUT2D eigenvalue weighted by Gasteiger charge is -2.25. The molecule has 6 rings (SSSR count). The van der Waals surface area contributed by atoms with Crippen LogP contribution >= 0.6 is 11.3 Å². The van der Waals surface area contributed by atoms with E-state index in [0.29, 0.717) is 32.0 Å². The van der Waals surface area contributed by atoms with E-state index < -0.39 is 12.0 Å².